The average Bonchev–Trinajstić information content (AvgIpc) is 3.11. The summed E-state index contributed by atoms with van der Waals surface area (Å²) in [7, 11) is 1.57. The number of carboxylic acid groups (broad SMARTS) is 1. The predicted octanol–water partition coefficient (Wildman–Crippen LogP) is 1.18. The van der Waals surface area contributed by atoms with Crippen molar-refractivity contribution in [1.82, 2.24) is 20.1 Å². The van der Waals surface area contributed by atoms with Crippen LogP contribution in [0.25, 0.3) is 0 Å². The summed E-state index contributed by atoms with van der Waals surface area (Å²) in [4.78, 5) is 29.3. The standard InChI is InChI=1S/C16H19N5O3/c1-17-15(22)13-6-9-21(19-13)11-4-3-8-20(10-11)14-12(16(23)24)5-2-7-18-14/h2,5-7,9,11H,3-4,8,10H2,1H3,(H,17,22)(H,23,24). The molecule has 1 saturated heterocycles. The van der Waals surface area contributed by atoms with Gasteiger partial charge in [-0.15, -0.1) is 0 Å². The summed E-state index contributed by atoms with van der Waals surface area (Å²) in [5.74, 6) is -0.728. The second-order valence-electron chi connectivity index (χ2n) is 5.68. The minimum Gasteiger partial charge on any atom is -0.478 e. The maximum Gasteiger partial charge on any atom is 0.339 e. The van der Waals surface area contributed by atoms with Gasteiger partial charge in [0.1, 0.15) is 17.1 Å². The van der Waals surface area contributed by atoms with Crippen molar-refractivity contribution in [2.75, 3.05) is 25.0 Å². The first-order chi connectivity index (χ1) is 11.6. The number of nitrogens with one attached hydrogen (secondary N) is 1. The number of carbonyl (C=O) groups excluding carboxylic acids is 1. The van der Waals surface area contributed by atoms with Crippen molar-refractivity contribution in [3.05, 3.63) is 41.9 Å². The average molecular weight is 329 g/mol. The molecule has 2 aromatic rings. The molecule has 1 atom stereocenters. The summed E-state index contributed by atoms with van der Waals surface area (Å²) in [6.07, 6.45) is 5.20. The molecule has 0 saturated carbocycles. The van der Waals surface area contributed by atoms with Crippen LogP contribution in [0.3, 0.4) is 0 Å². The lowest BCUT2D eigenvalue weighted by Gasteiger charge is -2.34. The smallest absolute Gasteiger partial charge is 0.339 e. The molecule has 24 heavy (non-hydrogen) atoms. The number of rotatable bonds is 4. The highest BCUT2D eigenvalue weighted by molar-refractivity contribution is 5.93. The molecule has 0 aliphatic carbocycles. The summed E-state index contributed by atoms with van der Waals surface area (Å²) < 4.78 is 1.78. The van der Waals surface area contributed by atoms with Gasteiger partial charge in [0, 0.05) is 32.5 Å². The summed E-state index contributed by atoms with van der Waals surface area (Å²) in [5, 5.41) is 16.2. The largest absolute Gasteiger partial charge is 0.478 e. The Morgan fingerprint density at radius 1 is 1.38 bits per heavy atom. The van der Waals surface area contributed by atoms with E-state index in [0.29, 0.717) is 18.1 Å². The molecular formula is C16H19N5O3. The van der Waals surface area contributed by atoms with E-state index in [9.17, 15) is 14.7 Å². The molecule has 1 amide bonds. The fourth-order valence-electron chi connectivity index (χ4n) is 2.97. The number of carbonyl (C=O) groups is 2. The van der Waals surface area contributed by atoms with Crippen molar-refractivity contribution in [3.8, 4) is 0 Å². The third-order valence-corrected chi connectivity index (χ3v) is 4.16. The molecule has 8 heteroatoms. The third-order valence-electron chi connectivity index (χ3n) is 4.16. The first-order valence-electron chi connectivity index (χ1n) is 7.80. The molecule has 2 N–H and O–H groups in total. The van der Waals surface area contributed by atoms with Gasteiger partial charge in [0.15, 0.2) is 0 Å². The van der Waals surface area contributed by atoms with Crippen molar-refractivity contribution in [2.45, 2.75) is 18.9 Å². The lowest BCUT2D eigenvalue weighted by atomic mass is 10.1. The van der Waals surface area contributed by atoms with E-state index in [4.69, 9.17) is 0 Å². The third kappa shape index (κ3) is 3.08. The van der Waals surface area contributed by atoms with Gasteiger partial charge >= 0.3 is 5.97 Å². The van der Waals surface area contributed by atoms with Gasteiger partial charge in [-0.3, -0.25) is 9.48 Å². The number of hydrogen-bond donors (Lipinski definition) is 2. The van der Waals surface area contributed by atoms with Crippen LogP contribution in [-0.2, 0) is 0 Å². The van der Waals surface area contributed by atoms with Crippen LogP contribution in [0, 0.1) is 0 Å². The molecule has 2 aromatic heterocycles. The molecule has 0 spiro atoms. The number of aromatic nitrogens is 3. The lowest BCUT2D eigenvalue weighted by Crippen LogP contribution is -2.38. The number of aromatic carboxylic acids is 1. The monoisotopic (exact) mass is 329 g/mol. The van der Waals surface area contributed by atoms with Crippen molar-refractivity contribution in [3.63, 3.8) is 0 Å². The van der Waals surface area contributed by atoms with E-state index in [-0.39, 0.29) is 17.5 Å². The van der Waals surface area contributed by atoms with Crippen LogP contribution >= 0.6 is 0 Å². The van der Waals surface area contributed by atoms with Gasteiger partial charge in [-0.25, -0.2) is 9.78 Å². The number of anilines is 1. The van der Waals surface area contributed by atoms with Gasteiger partial charge in [-0.2, -0.15) is 5.10 Å². The van der Waals surface area contributed by atoms with Crippen LogP contribution in [0.2, 0.25) is 0 Å². The fourth-order valence-corrected chi connectivity index (χ4v) is 2.97. The SMILES string of the molecule is CNC(=O)c1ccn(C2CCCN(c3ncccc3C(=O)O)C2)n1. The van der Waals surface area contributed by atoms with Gasteiger partial charge in [0.05, 0.1) is 6.04 Å². The van der Waals surface area contributed by atoms with Crippen LogP contribution in [-0.4, -0.2) is 51.9 Å². The minimum atomic E-state index is -0.985. The van der Waals surface area contributed by atoms with Gasteiger partial charge in [0.2, 0.25) is 0 Å². The molecule has 8 nitrogen and oxygen atoms in total. The molecule has 3 heterocycles. The Balaban J connectivity index is 1.81. The zero-order valence-corrected chi connectivity index (χ0v) is 13.3. The fraction of sp³-hybridized carbons (Fsp3) is 0.375. The molecule has 1 unspecified atom stereocenters. The zero-order valence-electron chi connectivity index (χ0n) is 13.3. The summed E-state index contributed by atoms with van der Waals surface area (Å²) in [6, 6.07) is 4.94. The normalized spacial score (nSPS) is 17.5. The van der Waals surface area contributed by atoms with Crippen LogP contribution in [0.1, 0.15) is 39.7 Å². The van der Waals surface area contributed by atoms with Gasteiger partial charge in [-0.05, 0) is 31.0 Å². The lowest BCUT2D eigenvalue weighted by molar-refractivity contribution is 0.0696. The molecule has 1 fully saturated rings. The van der Waals surface area contributed by atoms with Crippen molar-refractivity contribution in [1.29, 1.82) is 0 Å². The Morgan fingerprint density at radius 3 is 2.96 bits per heavy atom. The van der Waals surface area contributed by atoms with Crippen LogP contribution in [0.5, 0.6) is 0 Å². The van der Waals surface area contributed by atoms with Gasteiger partial charge in [0.25, 0.3) is 5.91 Å². The molecule has 1 aliphatic rings. The number of pyridine rings is 1. The van der Waals surface area contributed by atoms with Crippen LogP contribution < -0.4 is 10.2 Å². The second kappa shape index (κ2) is 6.69. The number of piperidine rings is 1. The molecule has 1 aliphatic heterocycles. The van der Waals surface area contributed by atoms with Gasteiger partial charge < -0.3 is 15.3 Å². The van der Waals surface area contributed by atoms with Gasteiger partial charge in [-0.1, -0.05) is 0 Å². The first-order valence-corrected chi connectivity index (χ1v) is 7.80. The predicted molar refractivity (Wildman–Crippen MR) is 87.3 cm³/mol. The number of nitrogens with zero attached hydrogens (tertiary/aromatic N) is 4. The summed E-state index contributed by atoms with van der Waals surface area (Å²) in [6.45, 7) is 1.35. The van der Waals surface area contributed by atoms with Crippen LogP contribution in [0.4, 0.5) is 5.82 Å². The second-order valence-corrected chi connectivity index (χ2v) is 5.68. The van der Waals surface area contributed by atoms with E-state index in [0.717, 1.165) is 19.4 Å². The molecule has 3 rings (SSSR count). The Kier molecular flexibility index (Phi) is 4.45. The van der Waals surface area contributed by atoms with E-state index in [1.807, 2.05) is 4.90 Å². The van der Waals surface area contributed by atoms with Crippen molar-refractivity contribution < 1.29 is 14.7 Å². The summed E-state index contributed by atoms with van der Waals surface area (Å²) in [5.41, 5.74) is 0.573. The Bertz CT molecular complexity index is 758. The minimum absolute atomic E-state index is 0.0702. The topological polar surface area (TPSA) is 100 Å². The van der Waals surface area contributed by atoms with Crippen molar-refractivity contribution in [2.24, 2.45) is 0 Å². The zero-order chi connectivity index (χ0) is 17.1. The Morgan fingerprint density at radius 2 is 2.21 bits per heavy atom. The van der Waals surface area contributed by atoms with E-state index < -0.39 is 5.97 Å². The van der Waals surface area contributed by atoms with E-state index in [1.165, 1.54) is 0 Å². The van der Waals surface area contributed by atoms with Crippen molar-refractivity contribution >= 4 is 17.7 Å². The number of carboxylic acids is 1. The van der Waals surface area contributed by atoms with E-state index >= 15 is 0 Å². The highest BCUT2D eigenvalue weighted by Crippen LogP contribution is 2.27. The highest BCUT2D eigenvalue weighted by Gasteiger charge is 2.26. The van der Waals surface area contributed by atoms with E-state index in [2.05, 4.69) is 15.4 Å². The molecule has 126 valence electrons. The molecule has 0 aromatic carbocycles. The van der Waals surface area contributed by atoms with Crippen LogP contribution in [0.15, 0.2) is 30.6 Å². The molecular weight excluding hydrogens is 310 g/mol. The quantitative estimate of drug-likeness (QED) is 0.873. The maximum atomic E-state index is 11.6. The first kappa shape index (κ1) is 16.0. The molecule has 0 bridgehead atoms. The highest BCUT2D eigenvalue weighted by atomic mass is 16.4. The summed E-state index contributed by atoms with van der Waals surface area (Å²) >= 11 is 0. The molecule has 0 radical (unpaired) electrons. The maximum absolute atomic E-state index is 11.6. The Hall–Kier alpha value is -2.90. The number of hydrogen-bond acceptors (Lipinski definition) is 5. The Labute approximate surface area is 139 Å². The number of amides is 1. The van der Waals surface area contributed by atoms with E-state index in [1.54, 1.807) is 42.3 Å².